The molecule has 4 aromatic rings. The Morgan fingerprint density at radius 1 is 1.13 bits per heavy atom. The summed E-state index contributed by atoms with van der Waals surface area (Å²) in [5.41, 5.74) is 2.22. The predicted octanol–water partition coefficient (Wildman–Crippen LogP) is 2.27. The number of imidazole rings is 1. The minimum Gasteiger partial charge on any atom is -0.383 e. The largest absolute Gasteiger partial charge is 0.383 e. The van der Waals surface area contributed by atoms with Gasteiger partial charge >= 0.3 is 0 Å². The van der Waals surface area contributed by atoms with Gasteiger partial charge in [0.25, 0.3) is 5.56 Å². The third-order valence-corrected chi connectivity index (χ3v) is 5.01. The maximum absolute atomic E-state index is 12.7. The van der Waals surface area contributed by atoms with Crippen LogP contribution in [-0.2, 0) is 22.6 Å². The molecule has 0 saturated carbocycles. The van der Waals surface area contributed by atoms with Gasteiger partial charge in [0.05, 0.1) is 40.9 Å². The highest BCUT2D eigenvalue weighted by molar-refractivity contribution is 5.79. The summed E-state index contributed by atoms with van der Waals surface area (Å²) < 4.78 is 8.59. The molecule has 1 atom stereocenters. The highest BCUT2D eigenvalue weighted by Crippen LogP contribution is 2.20. The average molecular weight is 405 g/mol. The van der Waals surface area contributed by atoms with Crippen LogP contribution in [0.25, 0.3) is 21.9 Å². The third-order valence-electron chi connectivity index (χ3n) is 5.01. The summed E-state index contributed by atoms with van der Waals surface area (Å²) in [7, 11) is 1.65. The van der Waals surface area contributed by atoms with Crippen LogP contribution in [0.5, 0.6) is 0 Å². The molecule has 0 aliphatic carbocycles. The standard InChI is InChI=1S/C22H23N5O3/c1-15(21-25-18-9-5-6-10-19(18)27(21)11-12-30-2)24-20(28)13-26-14-23-17-8-4-3-7-16(17)22(26)29/h3-10,14-15H,11-13H2,1-2H3,(H,24,28). The molecular formula is C22H23N5O3. The Bertz CT molecular complexity index is 1260. The Hall–Kier alpha value is -3.52. The van der Waals surface area contributed by atoms with E-state index in [1.54, 1.807) is 25.3 Å². The molecule has 1 unspecified atom stereocenters. The van der Waals surface area contributed by atoms with Crippen LogP contribution < -0.4 is 10.9 Å². The molecule has 154 valence electrons. The van der Waals surface area contributed by atoms with Crippen molar-refractivity contribution < 1.29 is 9.53 Å². The number of ether oxygens (including phenoxy) is 1. The van der Waals surface area contributed by atoms with Crippen molar-refractivity contribution in [3.8, 4) is 0 Å². The van der Waals surface area contributed by atoms with E-state index in [1.807, 2.05) is 41.8 Å². The molecule has 0 saturated heterocycles. The van der Waals surface area contributed by atoms with Crippen LogP contribution in [0, 0.1) is 0 Å². The maximum Gasteiger partial charge on any atom is 0.261 e. The first-order valence-corrected chi connectivity index (χ1v) is 9.76. The molecule has 0 bridgehead atoms. The Labute approximate surface area is 173 Å². The Kier molecular flexibility index (Phi) is 5.58. The molecule has 2 heterocycles. The van der Waals surface area contributed by atoms with E-state index in [0.29, 0.717) is 24.1 Å². The smallest absolute Gasteiger partial charge is 0.261 e. The Morgan fingerprint density at radius 2 is 1.87 bits per heavy atom. The number of carbonyl (C=O) groups excluding carboxylic acids is 1. The maximum atomic E-state index is 12.7. The summed E-state index contributed by atoms with van der Waals surface area (Å²) in [5.74, 6) is 0.456. The Morgan fingerprint density at radius 3 is 2.67 bits per heavy atom. The van der Waals surface area contributed by atoms with Crippen molar-refractivity contribution in [2.75, 3.05) is 13.7 Å². The van der Waals surface area contributed by atoms with Crippen LogP contribution in [0.15, 0.2) is 59.7 Å². The lowest BCUT2D eigenvalue weighted by Gasteiger charge is -2.16. The molecule has 1 amide bonds. The number of rotatable bonds is 7. The first kappa shape index (κ1) is 19.8. The lowest BCUT2D eigenvalue weighted by atomic mass is 10.2. The van der Waals surface area contributed by atoms with E-state index in [9.17, 15) is 9.59 Å². The number of hydrogen-bond donors (Lipinski definition) is 1. The van der Waals surface area contributed by atoms with Crippen molar-refractivity contribution >= 4 is 27.8 Å². The first-order chi connectivity index (χ1) is 14.6. The second-order valence-electron chi connectivity index (χ2n) is 7.09. The number of benzene rings is 2. The summed E-state index contributed by atoms with van der Waals surface area (Å²) in [5, 5.41) is 3.44. The predicted molar refractivity (Wildman–Crippen MR) is 114 cm³/mol. The number of fused-ring (bicyclic) bond motifs is 2. The zero-order valence-corrected chi connectivity index (χ0v) is 16.9. The molecular weight excluding hydrogens is 382 g/mol. The molecule has 0 fully saturated rings. The molecule has 0 spiro atoms. The number of nitrogens with zero attached hydrogens (tertiary/aromatic N) is 4. The lowest BCUT2D eigenvalue weighted by Crippen LogP contribution is -2.35. The van der Waals surface area contributed by atoms with E-state index >= 15 is 0 Å². The summed E-state index contributed by atoms with van der Waals surface area (Å²) in [4.78, 5) is 34.2. The number of nitrogens with one attached hydrogen (secondary N) is 1. The molecule has 0 radical (unpaired) electrons. The van der Waals surface area contributed by atoms with Crippen LogP contribution >= 0.6 is 0 Å². The molecule has 8 heteroatoms. The van der Waals surface area contributed by atoms with Crippen molar-refractivity contribution in [2.24, 2.45) is 0 Å². The molecule has 8 nitrogen and oxygen atoms in total. The van der Waals surface area contributed by atoms with Gasteiger partial charge in [0, 0.05) is 13.7 Å². The molecule has 2 aromatic carbocycles. The number of hydrogen-bond acceptors (Lipinski definition) is 5. The second-order valence-corrected chi connectivity index (χ2v) is 7.09. The van der Waals surface area contributed by atoms with Crippen LogP contribution in [0.1, 0.15) is 18.8 Å². The molecule has 2 aromatic heterocycles. The van der Waals surface area contributed by atoms with E-state index in [-0.39, 0.29) is 24.1 Å². The summed E-state index contributed by atoms with van der Waals surface area (Å²) >= 11 is 0. The van der Waals surface area contributed by atoms with Gasteiger partial charge in [-0.3, -0.25) is 14.2 Å². The number of carbonyl (C=O) groups is 1. The quantitative estimate of drug-likeness (QED) is 0.509. The van der Waals surface area contributed by atoms with Crippen molar-refractivity contribution in [1.82, 2.24) is 24.4 Å². The van der Waals surface area contributed by atoms with Gasteiger partial charge in [0.15, 0.2) is 0 Å². The van der Waals surface area contributed by atoms with Crippen molar-refractivity contribution in [2.45, 2.75) is 26.1 Å². The fraction of sp³-hybridized carbons (Fsp3) is 0.273. The van der Waals surface area contributed by atoms with E-state index in [1.165, 1.54) is 10.9 Å². The number of amides is 1. The van der Waals surface area contributed by atoms with Gasteiger partial charge in [-0.05, 0) is 31.2 Å². The van der Waals surface area contributed by atoms with E-state index in [4.69, 9.17) is 9.72 Å². The molecule has 0 aliphatic rings. The van der Waals surface area contributed by atoms with Gasteiger partial charge in [-0.25, -0.2) is 9.97 Å². The van der Waals surface area contributed by atoms with Crippen LogP contribution in [0.4, 0.5) is 0 Å². The summed E-state index contributed by atoms with van der Waals surface area (Å²) in [6, 6.07) is 14.6. The Balaban J connectivity index is 1.55. The van der Waals surface area contributed by atoms with Gasteiger partial charge in [-0.1, -0.05) is 24.3 Å². The normalized spacial score (nSPS) is 12.3. The highest BCUT2D eigenvalue weighted by Gasteiger charge is 2.19. The first-order valence-electron chi connectivity index (χ1n) is 9.76. The van der Waals surface area contributed by atoms with Crippen LogP contribution in [0.3, 0.4) is 0 Å². The van der Waals surface area contributed by atoms with Gasteiger partial charge in [-0.2, -0.15) is 0 Å². The topological polar surface area (TPSA) is 91.0 Å². The van der Waals surface area contributed by atoms with Crippen molar-refractivity contribution in [3.63, 3.8) is 0 Å². The van der Waals surface area contributed by atoms with Gasteiger partial charge < -0.3 is 14.6 Å². The molecule has 1 N–H and O–H groups in total. The minimum absolute atomic E-state index is 0.112. The number of methoxy groups -OCH3 is 1. The fourth-order valence-corrected chi connectivity index (χ4v) is 3.57. The highest BCUT2D eigenvalue weighted by atomic mass is 16.5. The van der Waals surface area contributed by atoms with Crippen molar-refractivity contribution in [1.29, 1.82) is 0 Å². The van der Waals surface area contributed by atoms with E-state index < -0.39 is 0 Å². The zero-order chi connectivity index (χ0) is 21.1. The molecule has 4 rings (SSSR count). The molecule has 30 heavy (non-hydrogen) atoms. The zero-order valence-electron chi connectivity index (χ0n) is 16.9. The average Bonchev–Trinajstić information content (AvgIpc) is 3.13. The van der Waals surface area contributed by atoms with E-state index in [0.717, 1.165) is 16.9 Å². The van der Waals surface area contributed by atoms with E-state index in [2.05, 4.69) is 10.3 Å². The number of para-hydroxylation sites is 3. The minimum atomic E-state index is -0.342. The van der Waals surface area contributed by atoms with Crippen molar-refractivity contribution in [3.05, 3.63) is 71.0 Å². The third kappa shape index (κ3) is 3.81. The molecule has 0 aliphatic heterocycles. The second kappa shape index (κ2) is 8.46. The van der Waals surface area contributed by atoms with Gasteiger partial charge in [-0.15, -0.1) is 0 Å². The van der Waals surface area contributed by atoms with Crippen LogP contribution in [0.2, 0.25) is 0 Å². The lowest BCUT2D eigenvalue weighted by molar-refractivity contribution is -0.122. The van der Waals surface area contributed by atoms with Crippen LogP contribution in [-0.4, -0.2) is 38.7 Å². The summed E-state index contributed by atoms with van der Waals surface area (Å²) in [6.07, 6.45) is 1.41. The monoisotopic (exact) mass is 405 g/mol. The van der Waals surface area contributed by atoms with Gasteiger partial charge in [0.2, 0.25) is 5.91 Å². The van der Waals surface area contributed by atoms with Gasteiger partial charge in [0.1, 0.15) is 12.4 Å². The SMILES string of the molecule is COCCn1c(C(C)NC(=O)Cn2cnc3ccccc3c2=O)nc2ccccc21. The fourth-order valence-electron chi connectivity index (χ4n) is 3.57. The summed E-state index contributed by atoms with van der Waals surface area (Å²) in [6.45, 7) is 2.93. The number of aromatic nitrogens is 4.